The fourth-order valence-electron chi connectivity index (χ4n) is 6.42. The van der Waals surface area contributed by atoms with Crippen LogP contribution in [0.5, 0.6) is 5.75 Å². The average molecular weight is 566 g/mol. The second-order valence-corrected chi connectivity index (χ2v) is 13.2. The number of benzene rings is 2. The summed E-state index contributed by atoms with van der Waals surface area (Å²) in [6, 6.07) is 11.9. The van der Waals surface area contributed by atoms with Crippen molar-refractivity contribution in [1.29, 1.82) is 0 Å². The molecule has 0 N–H and O–H groups in total. The van der Waals surface area contributed by atoms with Crippen LogP contribution in [0.15, 0.2) is 65.0 Å². The molecule has 2 aliphatic carbocycles. The molecule has 1 aliphatic heterocycles. The highest BCUT2D eigenvalue weighted by molar-refractivity contribution is 6.32. The van der Waals surface area contributed by atoms with Crippen LogP contribution in [0.4, 0.5) is 4.39 Å². The molecular formula is C33H37ClFNO4. The van der Waals surface area contributed by atoms with Crippen LogP contribution in [0, 0.1) is 16.6 Å². The van der Waals surface area contributed by atoms with Crippen molar-refractivity contribution in [2.45, 2.75) is 65.9 Å². The Hall–Kier alpha value is -2.96. The number of Topliss-reactive ketones (excluding diaryl/α,β-unsaturated/α-hetero) is 2. The first-order valence-corrected chi connectivity index (χ1v) is 14.2. The van der Waals surface area contributed by atoms with Gasteiger partial charge in [0.1, 0.15) is 18.2 Å². The molecule has 40 heavy (non-hydrogen) atoms. The zero-order valence-corrected chi connectivity index (χ0v) is 24.7. The Morgan fingerprint density at radius 2 is 1.52 bits per heavy atom. The summed E-state index contributed by atoms with van der Waals surface area (Å²) >= 11 is 6.72. The van der Waals surface area contributed by atoms with E-state index in [1.807, 2.05) is 6.07 Å². The highest BCUT2D eigenvalue weighted by Gasteiger charge is 2.48. The van der Waals surface area contributed by atoms with Crippen LogP contribution in [0.25, 0.3) is 0 Å². The molecule has 5 rings (SSSR count). The van der Waals surface area contributed by atoms with Gasteiger partial charge in [-0.05, 0) is 47.4 Å². The SMILES string of the molecule is COCCN1C2=C(C(=O)CC(C)(C)C2)C(c2ccc(OCc3ccccc3F)c(Cl)c2)C2=C1CC(C)(C)CC2=O. The van der Waals surface area contributed by atoms with Gasteiger partial charge in [0, 0.05) is 60.5 Å². The summed E-state index contributed by atoms with van der Waals surface area (Å²) < 4.78 is 25.4. The predicted octanol–water partition coefficient (Wildman–Crippen LogP) is 7.39. The smallest absolute Gasteiger partial charge is 0.162 e. The minimum atomic E-state index is -0.492. The molecule has 0 fully saturated rings. The number of ether oxygens (including phenoxy) is 2. The fraction of sp³-hybridized carbons (Fsp3) is 0.455. The van der Waals surface area contributed by atoms with E-state index in [9.17, 15) is 14.0 Å². The molecule has 3 aliphatic rings. The van der Waals surface area contributed by atoms with Crippen molar-refractivity contribution in [2.75, 3.05) is 20.3 Å². The molecule has 0 bridgehead atoms. The van der Waals surface area contributed by atoms with Crippen LogP contribution in [-0.4, -0.2) is 36.7 Å². The summed E-state index contributed by atoms with van der Waals surface area (Å²) in [5, 5.41) is 0.354. The summed E-state index contributed by atoms with van der Waals surface area (Å²) in [6.45, 7) is 9.59. The van der Waals surface area contributed by atoms with E-state index >= 15 is 0 Å². The lowest BCUT2D eigenvalue weighted by atomic mass is 9.63. The fourth-order valence-corrected chi connectivity index (χ4v) is 6.66. The van der Waals surface area contributed by atoms with Gasteiger partial charge < -0.3 is 14.4 Å². The Balaban J connectivity index is 1.60. The summed E-state index contributed by atoms with van der Waals surface area (Å²) in [6.07, 6.45) is 2.30. The molecule has 0 atom stereocenters. The van der Waals surface area contributed by atoms with E-state index in [0.717, 1.165) is 29.8 Å². The number of carbonyl (C=O) groups excluding carboxylic acids is 2. The van der Waals surface area contributed by atoms with Crippen LogP contribution in [0.2, 0.25) is 5.02 Å². The molecule has 212 valence electrons. The van der Waals surface area contributed by atoms with Crippen molar-refractivity contribution in [3.8, 4) is 5.75 Å². The summed E-state index contributed by atoms with van der Waals surface area (Å²) in [5.74, 6) is -0.277. The van der Waals surface area contributed by atoms with Gasteiger partial charge in [-0.2, -0.15) is 0 Å². The van der Waals surface area contributed by atoms with Crippen molar-refractivity contribution >= 4 is 23.2 Å². The van der Waals surface area contributed by atoms with Gasteiger partial charge in [0.2, 0.25) is 0 Å². The molecule has 2 aromatic carbocycles. The molecule has 0 spiro atoms. The molecule has 0 aromatic heterocycles. The Morgan fingerprint density at radius 3 is 2.08 bits per heavy atom. The lowest BCUT2D eigenvalue weighted by molar-refractivity contribution is -0.119. The third kappa shape index (κ3) is 5.48. The Labute approximate surface area is 241 Å². The van der Waals surface area contributed by atoms with Crippen LogP contribution < -0.4 is 4.74 Å². The number of rotatable bonds is 7. The van der Waals surface area contributed by atoms with E-state index in [1.54, 1.807) is 37.4 Å². The quantitative estimate of drug-likeness (QED) is 0.350. The van der Waals surface area contributed by atoms with E-state index in [1.165, 1.54) is 6.07 Å². The van der Waals surface area contributed by atoms with E-state index in [4.69, 9.17) is 21.1 Å². The lowest BCUT2D eigenvalue weighted by Crippen LogP contribution is -2.45. The van der Waals surface area contributed by atoms with Gasteiger partial charge in [0.05, 0.1) is 11.6 Å². The molecule has 1 heterocycles. The van der Waals surface area contributed by atoms with Crippen LogP contribution in [-0.2, 0) is 20.9 Å². The van der Waals surface area contributed by atoms with Crippen LogP contribution in [0.3, 0.4) is 0 Å². The van der Waals surface area contributed by atoms with Gasteiger partial charge in [0.15, 0.2) is 11.6 Å². The predicted molar refractivity (Wildman–Crippen MR) is 154 cm³/mol. The maximum absolute atomic E-state index is 14.1. The highest BCUT2D eigenvalue weighted by Crippen LogP contribution is 2.54. The van der Waals surface area contributed by atoms with Crippen molar-refractivity contribution in [3.05, 3.63) is 87.0 Å². The Morgan fingerprint density at radius 1 is 0.925 bits per heavy atom. The molecule has 7 heteroatoms. The molecule has 0 amide bonds. The lowest BCUT2D eigenvalue weighted by Gasteiger charge is -2.49. The maximum atomic E-state index is 14.1. The summed E-state index contributed by atoms with van der Waals surface area (Å²) in [4.78, 5) is 29.9. The highest BCUT2D eigenvalue weighted by atomic mass is 35.5. The van der Waals surface area contributed by atoms with Gasteiger partial charge >= 0.3 is 0 Å². The van der Waals surface area contributed by atoms with E-state index < -0.39 is 5.92 Å². The first-order valence-electron chi connectivity index (χ1n) is 13.9. The van der Waals surface area contributed by atoms with Crippen molar-refractivity contribution < 1.29 is 23.5 Å². The number of carbonyl (C=O) groups is 2. The molecule has 2 aromatic rings. The summed E-state index contributed by atoms with van der Waals surface area (Å²) in [5.41, 5.74) is 4.20. The maximum Gasteiger partial charge on any atom is 0.162 e. The van der Waals surface area contributed by atoms with Gasteiger partial charge in [0.25, 0.3) is 0 Å². The molecule has 0 radical (unpaired) electrons. The van der Waals surface area contributed by atoms with Crippen molar-refractivity contribution in [3.63, 3.8) is 0 Å². The van der Waals surface area contributed by atoms with E-state index in [2.05, 4.69) is 32.6 Å². The third-order valence-corrected chi connectivity index (χ3v) is 8.47. The number of allylic oxidation sites excluding steroid dienone is 4. The van der Waals surface area contributed by atoms with Gasteiger partial charge in [-0.3, -0.25) is 9.59 Å². The molecule has 5 nitrogen and oxygen atoms in total. The molecule has 0 saturated heterocycles. The second-order valence-electron chi connectivity index (χ2n) is 12.8. The normalized spacial score (nSPS) is 20.5. The van der Waals surface area contributed by atoms with Gasteiger partial charge in [-0.15, -0.1) is 0 Å². The zero-order valence-electron chi connectivity index (χ0n) is 23.9. The monoisotopic (exact) mass is 565 g/mol. The number of nitrogens with zero attached hydrogens (tertiary/aromatic N) is 1. The molecular weight excluding hydrogens is 529 g/mol. The third-order valence-electron chi connectivity index (χ3n) is 8.17. The van der Waals surface area contributed by atoms with Gasteiger partial charge in [-0.1, -0.05) is 63.6 Å². The minimum absolute atomic E-state index is 0.0371. The van der Waals surface area contributed by atoms with Crippen molar-refractivity contribution in [2.24, 2.45) is 10.8 Å². The zero-order chi connectivity index (χ0) is 28.8. The number of halogens is 2. The van der Waals surface area contributed by atoms with E-state index in [0.29, 0.717) is 53.5 Å². The average Bonchev–Trinajstić information content (AvgIpc) is 2.86. The summed E-state index contributed by atoms with van der Waals surface area (Å²) in [7, 11) is 1.67. The number of hydrogen-bond acceptors (Lipinski definition) is 5. The largest absolute Gasteiger partial charge is 0.487 e. The first-order chi connectivity index (χ1) is 18.9. The first kappa shape index (κ1) is 28.6. The van der Waals surface area contributed by atoms with Crippen LogP contribution >= 0.6 is 11.6 Å². The van der Waals surface area contributed by atoms with Crippen LogP contribution in [0.1, 0.15) is 70.4 Å². The van der Waals surface area contributed by atoms with Crippen molar-refractivity contribution in [1.82, 2.24) is 4.90 Å². The Bertz CT molecular complexity index is 1370. The molecule has 0 saturated carbocycles. The number of ketones is 2. The Kier molecular flexibility index (Phi) is 7.71. The number of methoxy groups -OCH3 is 1. The topological polar surface area (TPSA) is 55.8 Å². The second kappa shape index (κ2) is 10.8. The number of hydrogen-bond donors (Lipinski definition) is 0. The standard InChI is InChI=1S/C33H37ClFNO4/c1-32(2)15-24-30(26(37)17-32)29(31-25(36(24)12-13-39-5)16-33(3,4)18-27(31)38)20-10-11-28(22(34)14-20)40-19-21-8-6-7-9-23(21)35/h6-11,14,29H,12-13,15-19H2,1-5H3. The minimum Gasteiger partial charge on any atom is -0.487 e. The van der Waals surface area contributed by atoms with Gasteiger partial charge in [-0.25, -0.2) is 4.39 Å². The molecule has 0 unspecified atom stereocenters. The van der Waals surface area contributed by atoms with E-state index in [-0.39, 0.29) is 34.8 Å².